The maximum absolute atomic E-state index is 12.4. The van der Waals surface area contributed by atoms with Gasteiger partial charge in [-0.15, -0.1) is 0 Å². The third kappa shape index (κ3) is 4.34. The van der Waals surface area contributed by atoms with Crippen LogP contribution in [0.2, 0.25) is 0 Å². The number of aliphatic carboxylic acids is 1. The van der Waals surface area contributed by atoms with Gasteiger partial charge in [-0.2, -0.15) is 13.2 Å². The Morgan fingerprint density at radius 2 is 2.11 bits per heavy atom. The van der Waals surface area contributed by atoms with Gasteiger partial charge in [-0.25, -0.2) is 0 Å². The number of hydrogen-bond donors (Lipinski definition) is 3. The van der Waals surface area contributed by atoms with Crippen molar-refractivity contribution >= 4 is 5.97 Å². The fraction of sp³-hybridized carbons (Fsp3) is 0.364. The largest absolute Gasteiger partial charge is 0.480 e. The topological polar surface area (TPSA) is 75.3 Å². The Labute approximate surface area is 102 Å². The van der Waals surface area contributed by atoms with Gasteiger partial charge in [-0.3, -0.25) is 4.79 Å². The Morgan fingerprint density at radius 1 is 1.44 bits per heavy atom. The van der Waals surface area contributed by atoms with Gasteiger partial charge in [0.25, 0.3) is 0 Å². The molecule has 1 aromatic carbocycles. The minimum atomic E-state index is -4.38. The number of carboxylic acids is 1. The third-order valence-corrected chi connectivity index (χ3v) is 2.26. The van der Waals surface area contributed by atoms with Crippen LogP contribution in [0.25, 0.3) is 0 Å². The van der Waals surface area contributed by atoms with Crippen LogP contribution >= 0.6 is 0 Å². The molecule has 0 radical (unpaired) electrons. The van der Waals surface area contributed by atoms with E-state index >= 15 is 0 Å². The molecule has 0 aliphatic rings. The highest BCUT2D eigenvalue weighted by molar-refractivity contribution is 5.73. The van der Waals surface area contributed by atoms with Gasteiger partial charge in [0.2, 0.25) is 0 Å². The van der Waals surface area contributed by atoms with Gasteiger partial charge in [0.15, 0.2) is 0 Å². The summed E-state index contributed by atoms with van der Waals surface area (Å²) in [7, 11) is 0. The third-order valence-electron chi connectivity index (χ3n) is 2.26. The molecule has 1 unspecified atom stereocenters. The lowest BCUT2D eigenvalue weighted by atomic mass is 10.1. The Bertz CT molecular complexity index is 421. The van der Waals surface area contributed by atoms with Gasteiger partial charge in [0, 0.05) is 13.1 Å². The number of benzene rings is 1. The minimum absolute atomic E-state index is 0.00835. The average molecular weight is 262 g/mol. The zero-order chi connectivity index (χ0) is 13.8. The highest BCUT2D eigenvalue weighted by Crippen LogP contribution is 2.29. The predicted octanol–water partition coefficient (Wildman–Crippen LogP) is 1.21. The van der Waals surface area contributed by atoms with Gasteiger partial charge in [0.05, 0.1) is 5.56 Å². The first-order valence-electron chi connectivity index (χ1n) is 5.16. The van der Waals surface area contributed by atoms with Crippen LogP contribution in [0, 0.1) is 0 Å². The molecule has 0 fully saturated rings. The van der Waals surface area contributed by atoms with Gasteiger partial charge in [-0.1, -0.05) is 18.2 Å². The second-order valence-corrected chi connectivity index (χ2v) is 3.77. The number of nitrogens with one attached hydrogen (secondary N) is 1. The monoisotopic (exact) mass is 262 g/mol. The molecule has 4 nitrogen and oxygen atoms in total. The number of carboxylic acid groups (broad SMARTS) is 1. The number of rotatable bonds is 5. The Morgan fingerprint density at radius 3 is 2.67 bits per heavy atom. The average Bonchev–Trinajstić information content (AvgIpc) is 2.28. The predicted molar refractivity (Wildman–Crippen MR) is 58.8 cm³/mol. The lowest BCUT2D eigenvalue weighted by molar-refractivity contribution is -0.138. The fourth-order valence-electron chi connectivity index (χ4n) is 1.32. The van der Waals surface area contributed by atoms with E-state index in [2.05, 4.69) is 5.32 Å². The second-order valence-electron chi connectivity index (χ2n) is 3.77. The number of alkyl halides is 3. The van der Waals surface area contributed by atoms with E-state index in [1.807, 2.05) is 0 Å². The summed E-state index contributed by atoms with van der Waals surface area (Å²) in [4.78, 5) is 10.4. The molecule has 0 aliphatic carbocycles. The normalized spacial score (nSPS) is 13.3. The molecule has 0 saturated carbocycles. The summed E-state index contributed by atoms with van der Waals surface area (Å²) in [6.07, 6.45) is -4.38. The van der Waals surface area contributed by atoms with E-state index in [-0.39, 0.29) is 13.1 Å². The first-order valence-corrected chi connectivity index (χ1v) is 5.16. The molecule has 0 aliphatic heterocycles. The van der Waals surface area contributed by atoms with Crippen molar-refractivity contribution in [1.29, 1.82) is 0 Å². The summed E-state index contributed by atoms with van der Waals surface area (Å²) < 4.78 is 37.2. The van der Waals surface area contributed by atoms with Crippen molar-refractivity contribution in [3.05, 3.63) is 35.4 Å². The molecule has 0 spiro atoms. The lowest BCUT2D eigenvalue weighted by Gasteiger charge is -2.10. The molecule has 1 rings (SSSR count). The van der Waals surface area contributed by atoms with Crippen LogP contribution in [0.4, 0.5) is 13.2 Å². The smallest absolute Gasteiger partial charge is 0.416 e. The molecule has 0 aromatic heterocycles. The van der Waals surface area contributed by atoms with E-state index in [1.54, 1.807) is 0 Å². The van der Waals surface area contributed by atoms with Gasteiger partial charge in [-0.05, 0) is 11.6 Å². The van der Waals surface area contributed by atoms with Crippen LogP contribution in [0.5, 0.6) is 0 Å². The van der Waals surface area contributed by atoms with E-state index in [1.165, 1.54) is 12.1 Å². The summed E-state index contributed by atoms with van der Waals surface area (Å²) in [6.45, 7) is 0.122. The second kappa shape index (κ2) is 5.83. The molecule has 0 heterocycles. The molecule has 18 heavy (non-hydrogen) atoms. The number of halogens is 3. The van der Waals surface area contributed by atoms with Crippen LogP contribution in [0.15, 0.2) is 24.3 Å². The van der Waals surface area contributed by atoms with Crippen molar-refractivity contribution < 1.29 is 23.1 Å². The molecule has 7 heteroatoms. The molecule has 4 N–H and O–H groups in total. The molecule has 100 valence electrons. The fourth-order valence-corrected chi connectivity index (χ4v) is 1.32. The number of carbonyl (C=O) groups is 1. The maximum Gasteiger partial charge on any atom is 0.416 e. The first kappa shape index (κ1) is 14.5. The Hall–Kier alpha value is -1.60. The van der Waals surface area contributed by atoms with Crippen LogP contribution < -0.4 is 11.1 Å². The van der Waals surface area contributed by atoms with Crippen molar-refractivity contribution in [2.45, 2.75) is 18.8 Å². The summed E-state index contributed by atoms with van der Waals surface area (Å²) >= 11 is 0. The van der Waals surface area contributed by atoms with Crippen molar-refractivity contribution in [2.75, 3.05) is 6.54 Å². The first-order chi connectivity index (χ1) is 8.30. The van der Waals surface area contributed by atoms with E-state index in [0.29, 0.717) is 5.56 Å². The maximum atomic E-state index is 12.4. The van der Waals surface area contributed by atoms with Gasteiger partial charge in [0.1, 0.15) is 6.04 Å². The quantitative estimate of drug-likeness (QED) is 0.745. The zero-order valence-electron chi connectivity index (χ0n) is 9.37. The van der Waals surface area contributed by atoms with E-state index in [4.69, 9.17) is 10.8 Å². The van der Waals surface area contributed by atoms with Crippen molar-refractivity contribution in [3.63, 3.8) is 0 Å². The summed E-state index contributed by atoms with van der Waals surface area (Å²) in [5, 5.41) is 11.2. The minimum Gasteiger partial charge on any atom is -0.480 e. The molecular weight excluding hydrogens is 249 g/mol. The van der Waals surface area contributed by atoms with Gasteiger partial charge >= 0.3 is 12.1 Å². The SMILES string of the molecule is NC(CNCc1cccc(C(F)(F)F)c1)C(=O)O. The zero-order valence-corrected chi connectivity index (χ0v) is 9.37. The van der Waals surface area contributed by atoms with Crippen molar-refractivity contribution in [2.24, 2.45) is 5.73 Å². The van der Waals surface area contributed by atoms with Crippen LogP contribution in [0.1, 0.15) is 11.1 Å². The standard InChI is InChI=1S/C11H13F3N2O2/c12-11(13,14)8-3-1-2-7(4-8)5-16-6-9(15)10(17)18/h1-4,9,16H,5-6,15H2,(H,17,18). The van der Waals surface area contributed by atoms with E-state index in [0.717, 1.165) is 12.1 Å². The van der Waals surface area contributed by atoms with Gasteiger partial charge < -0.3 is 16.2 Å². The van der Waals surface area contributed by atoms with Crippen LogP contribution in [0.3, 0.4) is 0 Å². The van der Waals surface area contributed by atoms with E-state index in [9.17, 15) is 18.0 Å². The summed E-state index contributed by atoms with van der Waals surface area (Å²) in [6, 6.07) is 3.74. The van der Waals surface area contributed by atoms with Crippen molar-refractivity contribution in [3.8, 4) is 0 Å². The molecule has 0 saturated heterocycles. The molecular formula is C11H13F3N2O2. The van der Waals surface area contributed by atoms with Crippen molar-refractivity contribution in [1.82, 2.24) is 5.32 Å². The summed E-state index contributed by atoms with van der Waals surface area (Å²) in [5.41, 5.74) is 4.92. The Balaban J connectivity index is 2.56. The highest BCUT2D eigenvalue weighted by atomic mass is 19.4. The summed E-state index contributed by atoms with van der Waals surface area (Å²) in [5.74, 6) is -1.16. The van der Waals surface area contributed by atoms with E-state index < -0.39 is 23.8 Å². The highest BCUT2D eigenvalue weighted by Gasteiger charge is 2.30. The molecule has 0 amide bonds. The Kier molecular flexibility index (Phi) is 4.69. The van der Waals surface area contributed by atoms with Crippen LogP contribution in [-0.4, -0.2) is 23.7 Å². The number of nitrogens with two attached hydrogens (primary N) is 1. The van der Waals surface area contributed by atoms with Crippen LogP contribution in [-0.2, 0) is 17.5 Å². The number of hydrogen-bond acceptors (Lipinski definition) is 3. The lowest BCUT2D eigenvalue weighted by Crippen LogP contribution is -2.40. The molecule has 0 bridgehead atoms. The molecule has 1 atom stereocenters. The molecule has 1 aromatic rings.